The summed E-state index contributed by atoms with van der Waals surface area (Å²) in [5.74, 6) is 2.78. The van der Waals surface area contributed by atoms with Crippen molar-refractivity contribution in [2.45, 2.75) is 45.8 Å². The van der Waals surface area contributed by atoms with Gasteiger partial charge in [0, 0.05) is 12.6 Å². The van der Waals surface area contributed by atoms with Gasteiger partial charge in [0.25, 0.3) is 0 Å². The van der Waals surface area contributed by atoms with Crippen LogP contribution in [-0.2, 0) is 0 Å². The Morgan fingerprint density at radius 3 is 2.28 bits per heavy atom. The third kappa shape index (κ3) is 4.68. The van der Waals surface area contributed by atoms with Crippen molar-refractivity contribution in [3.8, 4) is 0 Å². The van der Waals surface area contributed by atoms with Gasteiger partial charge in [-0.2, -0.15) is 15.0 Å². The predicted molar refractivity (Wildman–Crippen MR) is 78.3 cm³/mol. The molecular weight excluding hydrogens is 246 g/mol. The number of hydrogen-bond donors (Lipinski definition) is 2. The molecule has 1 aromatic heterocycles. The summed E-state index contributed by atoms with van der Waals surface area (Å²) in [5.41, 5.74) is 0. The Bertz CT molecular complexity index is 345. The highest BCUT2D eigenvalue weighted by Crippen LogP contribution is 2.17. The molecule has 1 rings (SSSR count). The van der Waals surface area contributed by atoms with Crippen molar-refractivity contribution in [3.05, 3.63) is 0 Å². The molecule has 1 unspecified atom stereocenters. The van der Waals surface area contributed by atoms with E-state index in [0.717, 1.165) is 17.5 Å². The second-order valence-corrected chi connectivity index (χ2v) is 5.64. The van der Waals surface area contributed by atoms with Crippen LogP contribution in [-0.4, -0.2) is 33.3 Å². The van der Waals surface area contributed by atoms with Crippen molar-refractivity contribution < 1.29 is 0 Å². The fraction of sp³-hybridized carbons (Fsp3) is 0.750. The van der Waals surface area contributed by atoms with Crippen LogP contribution in [0.4, 0.5) is 11.9 Å². The lowest BCUT2D eigenvalue weighted by Crippen LogP contribution is -2.23. The Morgan fingerprint density at radius 1 is 1.06 bits per heavy atom. The van der Waals surface area contributed by atoms with Gasteiger partial charge in [0.1, 0.15) is 0 Å². The third-order valence-corrected chi connectivity index (χ3v) is 3.31. The van der Waals surface area contributed by atoms with Gasteiger partial charge >= 0.3 is 0 Å². The molecule has 6 heteroatoms. The molecule has 0 spiro atoms. The maximum Gasteiger partial charge on any atom is 0.228 e. The molecule has 0 aliphatic rings. The summed E-state index contributed by atoms with van der Waals surface area (Å²) in [6, 6.07) is 0.335. The van der Waals surface area contributed by atoms with E-state index >= 15 is 0 Å². The SMILES string of the molecule is CCNc1nc(NC(C)C(C)C)nc(SCC)n1. The lowest BCUT2D eigenvalue weighted by molar-refractivity contribution is 0.555. The van der Waals surface area contributed by atoms with Gasteiger partial charge < -0.3 is 10.6 Å². The molecule has 0 radical (unpaired) electrons. The van der Waals surface area contributed by atoms with E-state index in [2.05, 4.69) is 53.3 Å². The van der Waals surface area contributed by atoms with Crippen molar-refractivity contribution in [2.75, 3.05) is 22.9 Å². The molecule has 0 amide bonds. The lowest BCUT2D eigenvalue weighted by Gasteiger charge is -2.17. The molecule has 1 heterocycles. The maximum absolute atomic E-state index is 4.42. The van der Waals surface area contributed by atoms with E-state index in [4.69, 9.17) is 0 Å². The summed E-state index contributed by atoms with van der Waals surface area (Å²) in [6.07, 6.45) is 0. The zero-order valence-electron chi connectivity index (χ0n) is 11.8. The number of thioether (sulfide) groups is 1. The molecule has 2 N–H and O–H groups in total. The molecule has 5 nitrogen and oxygen atoms in total. The molecule has 1 atom stereocenters. The van der Waals surface area contributed by atoms with Gasteiger partial charge in [-0.1, -0.05) is 32.5 Å². The third-order valence-electron chi connectivity index (χ3n) is 2.58. The van der Waals surface area contributed by atoms with E-state index in [0.29, 0.717) is 23.9 Å². The zero-order valence-corrected chi connectivity index (χ0v) is 12.6. The quantitative estimate of drug-likeness (QED) is 0.742. The average molecular weight is 269 g/mol. The molecular formula is C12H23N5S. The molecule has 0 aliphatic carbocycles. The number of nitrogens with one attached hydrogen (secondary N) is 2. The smallest absolute Gasteiger partial charge is 0.228 e. The van der Waals surface area contributed by atoms with Crippen LogP contribution in [0.2, 0.25) is 0 Å². The first-order chi connectivity index (χ1) is 8.56. The summed E-state index contributed by atoms with van der Waals surface area (Å²) in [7, 11) is 0. The summed E-state index contributed by atoms with van der Waals surface area (Å²) >= 11 is 1.62. The van der Waals surface area contributed by atoms with E-state index in [1.54, 1.807) is 11.8 Å². The Labute approximate surface area is 114 Å². The first-order valence-corrected chi connectivity index (χ1v) is 7.44. The molecule has 18 heavy (non-hydrogen) atoms. The molecule has 0 saturated carbocycles. The normalized spacial score (nSPS) is 12.6. The van der Waals surface area contributed by atoms with Crippen LogP contribution in [0.1, 0.15) is 34.6 Å². The van der Waals surface area contributed by atoms with Crippen LogP contribution in [0, 0.1) is 5.92 Å². The zero-order chi connectivity index (χ0) is 13.5. The van der Waals surface area contributed by atoms with Crippen LogP contribution in [0.5, 0.6) is 0 Å². The number of anilines is 2. The monoisotopic (exact) mass is 269 g/mol. The minimum absolute atomic E-state index is 0.335. The Kier molecular flexibility index (Phi) is 6.18. The molecule has 0 aliphatic heterocycles. The van der Waals surface area contributed by atoms with Crippen LogP contribution >= 0.6 is 11.8 Å². The summed E-state index contributed by atoms with van der Waals surface area (Å²) in [6.45, 7) is 11.4. The lowest BCUT2D eigenvalue weighted by atomic mass is 10.1. The van der Waals surface area contributed by atoms with Crippen molar-refractivity contribution in [1.29, 1.82) is 0 Å². The fourth-order valence-electron chi connectivity index (χ4n) is 1.22. The molecule has 102 valence electrons. The fourth-order valence-corrected chi connectivity index (χ4v) is 1.78. The number of aromatic nitrogens is 3. The Balaban J connectivity index is 2.87. The Morgan fingerprint density at radius 2 is 1.72 bits per heavy atom. The number of nitrogens with zero attached hydrogens (tertiary/aromatic N) is 3. The molecule has 0 saturated heterocycles. The maximum atomic E-state index is 4.42. The number of hydrogen-bond acceptors (Lipinski definition) is 6. The van der Waals surface area contributed by atoms with Crippen LogP contribution in [0.25, 0.3) is 0 Å². The average Bonchev–Trinajstić information content (AvgIpc) is 2.29. The summed E-state index contributed by atoms with van der Waals surface area (Å²) in [4.78, 5) is 13.1. The largest absolute Gasteiger partial charge is 0.354 e. The minimum Gasteiger partial charge on any atom is -0.354 e. The van der Waals surface area contributed by atoms with Gasteiger partial charge in [0.05, 0.1) is 0 Å². The van der Waals surface area contributed by atoms with Gasteiger partial charge in [-0.3, -0.25) is 0 Å². The van der Waals surface area contributed by atoms with Crippen molar-refractivity contribution in [3.63, 3.8) is 0 Å². The van der Waals surface area contributed by atoms with Gasteiger partial charge in [-0.25, -0.2) is 0 Å². The second-order valence-electron chi connectivity index (χ2n) is 4.41. The Hall–Kier alpha value is -1.04. The van der Waals surface area contributed by atoms with Gasteiger partial charge in [0.2, 0.25) is 11.9 Å². The standard InChI is InChI=1S/C12H23N5S/c1-6-13-10-15-11(14-9(5)8(3)4)17-12(16-10)18-7-2/h8-9H,6-7H2,1-5H3,(H2,13,14,15,16,17). The van der Waals surface area contributed by atoms with Gasteiger partial charge in [-0.05, 0) is 25.5 Å². The van der Waals surface area contributed by atoms with E-state index in [1.165, 1.54) is 0 Å². The highest BCUT2D eigenvalue weighted by Gasteiger charge is 2.11. The van der Waals surface area contributed by atoms with Crippen LogP contribution in [0.15, 0.2) is 5.16 Å². The van der Waals surface area contributed by atoms with Crippen LogP contribution in [0.3, 0.4) is 0 Å². The van der Waals surface area contributed by atoms with E-state index in [9.17, 15) is 0 Å². The first-order valence-electron chi connectivity index (χ1n) is 6.46. The van der Waals surface area contributed by atoms with Crippen LogP contribution < -0.4 is 10.6 Å². The highest BCUT2D eigenvalue weighted by atomic mass is 32.2. The van der Waals surface area contributed by atoms with E-state index < -0.39 is 0 Å². The van der Waals surface area contributed by atoms with Crippen molar-refractivity contribution >= 4 is 23.7 Å². The summed E-state index contributed by atoms with van der Waals surface area (Å²) in [5, 5.41) is 7.22. The summed E-state index contributed by atoms with van der Waals surface area (Å²) < 4.78 is 0. The highest BCUT2D eigenvalue weighted by molar-refractivity contribution is 7.99. The molecule has 1 aromatic rings. The first kappa shape index (κ1) is 15.0. The minimum atomic E-state index is 0.335. The van der Waals surface area contributed by atoms with E-state index in [-0.39, 0.29) is 0 Å². The van der Waals surface area contributed by atoms with Crippen molar-refractivity contribution in [2.24, 2.45) is 5.92 Å². The molecule has 0 bridgehead atoms. The molecule has 0 fully saturated rings. The molecule has 0 aromatic carbocycles. The van der Waals surface area contributed by atoms with Crippen molar-refractivity contribution in [1.82, 2.24) is 15.0 Å². The van der Waals surface area contributed by atoms with E-state index in [1.807, 2.05) is 6.92 Å². The predicted octanol–water partition coefficient (Wildman–Crippen LogP) is 2.87. The van der Waals surface area contributed by atoms with Gasteiger partial charge in [-0.15, -0.1) is 0 Å². The topological polar surface area (TPSA) is 62.7 Å². The second kappa shape index (κ2) is 7.41. The number of rotatable bonds is 7. The van der Waals surface area contributed by atoms with Gasteiger partial charge in [0.15, 0.2) is 5.16 Å².